The molecule has 0 aliphatic heterocycles. The summed E-state index contributed by atoms with van der Waals surface area (Å²) in [5.41, 5.74) is 6.81. The Bertz CT molecular complexity index is 490. The smallest absolute Gasteiger partial charge is 0.170 e. The van der Waals surface area contributed by atoms with Crippen molar-refractivity contribution in [1.29, 1.82) is 0 Å². The third kappa shape index (κ3) is 11.9. The summed E-state index contributed by atoms with van der Waals surface area (Å²) >= 11 is 5.17. The quantitative estimate of drug-likeness (QED) is 0.237. The van der Waals surface area contributed by atoms with Crippen LogP contribution in [0.2, 0.25) is 0 Å². The Kier molecular flexibility index (Phi) is 13.8. The number of thiocarbonyl (C=S) groups is 1. The number of unbranched alkanes of at least 4 members (excludes halogenated alkanes) is 13. The first-order valence-corrected chi connectivity index (χ1v) is 11.4. The van der Waals surface area contributed by atoms with Gasteiger partial charge in [0, 0.05) is 12.2 Å². The number of hydrogen-bond donors (Lipinski definition) is 2. The summed E-state index contributed by atoms with van der Waals surface area (Å²) < 4.78 is 0. The number of phenols is 1. The minimum atomic E-state index is 0.262. The third-order valence-electron chi connectivity index (χ3n) is 5.16. The first kappa shape index (κ1) is 23.7. The van der Waals surface area contributed by atoms with E-state index in [0.29, 0.717) is 5.11 Å². The highest BCUT2D eigenvalue weighted by molar-refractivity contribution is 7.80. The molecule has 27 heavy (non-hydrogen) atoms. The predicted octanol–water partition coefficient (Wildman–Crippen LogP) is 6.92. The van der Waals surface area contributed by atoms with Crippen LogP contribution in [0, 0.1) is 0 Å². The highest BCUT2D eigenvalue weighted by Gasteiger charge is 2.08. The number of hydrogen-bond acceptors (Lipinski definition) is 2. The molecule has 154 valence electrons. The predicted molar refractivity (Wildman–Crippen MR) is 123 cm³/mol. The fourth-order valence-electron chi connectivity index (χ4n) is 3.46. The van der Waals surface area contributed by atoms with Crippen molar-refractivity contribution in [1.82, 2.24) is 0 Å². The highest BCUT2D eigenvalue weighted by atomic mass is 32.1. The van der Waals surface area contributed by atoms with Gasteiger partial charge in [0.1, 0.15) is 5.75 Å². The van der Waals surface area contributed by atoms with Crippen molar-refractivity contribution in [3.8, 4) is 5.75 Å². The van der Waals surface area contributed by atoms with Gasteiger partial charge in [0.15, 0.2) is 5.11 Å². The van der Waals surface area contributed by atoms with Crippen molar-refractivity contribution in [2.45, 2.75) is 96.8 Å². The van der Waals surface area contributed by atoms with Gasteiger partial charge in [-0.2, -0.15) is 0 Å². The van der Waals surface area contributed by atoms with Crippen LogP contribution in [0.1, 0.15) is 96.8 Å². The number of phenolic OH excluding ortho intramolecular Hbond substituents is 1. The van der Waals surface area contributed by atoms with Crippen molar-refractivity contribution >= 4 is 23.0 Å². The zero-order chi connectivity index (χ0) is 19.7. The molecule has 0 heterocycles. The van der Waals surface area contributed by atoms with Crippen LogP contribution >= 0.6 is 12.2 Å². The fraction of sp³-hybridized carbons (Fsp3) is 0.696. The standard InChI is InChI=1S/C23H40N2OS/c1-2-3-4-5-6-7-8-9-10-11-12-13-14-15-20-25(23(24)27)21-16-18-22(26)19-17-21/h16-19,26H,2-15,20H2,1H3,(H2,24,27). The van der Waals surface area contributed by atoms with E-state index >= 15 is 0 Å². The van der Waals surface area contributed by atoms with E-state index in [2.05, 4.69) is 6.92 Å². The maximum atomic E-state index is 9.40. The first-order chi connectivity index (χ1) is 13.1. The maximum absolute atomic E-state index is 9.40. The van der Waals surface area contributed by atoms with Gasteiger partial charge < -0.3 is 15.7 Å². The van der Waals surface area contributed by atoms with Crippen molar-refractivity contribution in [3.05, 3.63) is 24.3 Å². The number of rotatable bonds is 16. The van der Waals surface area contributed by atoms with E-state index in [1.807, 2.05) is 17.0 Å². The second kappa shape index (κ2) is 15.7. The molecule has 0 atom stereocenters. The SMILES string of the molecule is CCCCCCCCCCCCCCCCN(C(N)=S)c1ccc(O)cc1. The minimum Gasteiger partial charge on any atom is -0.508 e. The van der Waals surface area contributed by atoms with E-state index in [9.17, 15) is 5.11 Å². The van der Waals surface area contributed by atoms with E-state index in [-0.39, 0.29) is 5.75 Å². The van der Waals surface area contributed by atoms with Gasteiger partial charge in [0.05, 0.1) is 0 Å². The van der Waals surface area contributed by atoms with Crippen molar-refractivity contribution in [2.75, 3.05) is 11.4 Å². The molecule has 0 radical (unpaired) electrons. The van der Waals surface area contributed by atoms with Crippen LogP contribution < -0.4 is 10.6 Å². The number of nitrogens with zero attached hydrogens (tertiary/aromatic N) is 1. The lowest BCUT2D eigenvalue weighted by molar-refractivity contribution is 0.475. The molecule has 0 aliphatic carbocycles. The molecule has 4 heteroatoms. The molecule has 0 fully saturated rings. The molecule has 0 saturated heterocycles. The first-order valence-electron chi connectivity index (χ1n) is 11.0. The molecule has 0 aliphatic rings. The molecule has 1 rings (SSSR count). The zero-order valence-corrected chi connectivity index (χ0v) is 18.1. The molecule has 0 spiro atoms. The van der Waals surface area contributed by atoms with Crippen molar-refractivity contribution in [3.63, 3.8) is 0 Å². The van der Waals surface area contributed by atoms with E-state index < -0.39 is 0 Å². The van der Waals surface area contributed by atoms with Crippen LogP contribution in [0.15, 0.2) is 24.3 Å². The van der Waals surface area contributed by atoms with Gasteiger partial charge in [-0.05, 0) is 42.9 Å². The Morgan fingerprint density at radius 2 is 1.19 bits per heavy atom. The van der Waals surface area contributed by atoms with Gasteiger partial charge >= 0.3 is 0 Å². The lowest BCUT2D eigenvalue weighted by Crippen LogP contribution is -2.36. The van der Waals surface area contributed by atoms with Gasteiger partial charge in [-0.1, -0.05) is 90.4 Å². The summed E-state index contributed by atoms with van der Waals surface area (Å²) in [5.74, 6) is 0.262. The van der Waals surface area contributed by atoms with Crippen LogP contribution in [0.25, 0.3) is 0 Å². The van der Waals surface area contributed by atoms with Gasteiger partial charge in [-0.15, -0.1) is 0 Å². The van der Waals surface area contributed by atoms with Crippen LogP contribution in [0.3, 0.4) is 0 Å². The van der Waals surface area contributed by atoms with Crippen molar-refractivity contribution in [2.24, 2.45) is 5.73 Å². The molecular formula is C23H40N2OS. The fourth-order valence-corrected chi connectivity index (χ4v) is 3.66. The van der Waals surface area contributed by atoms with E-state index in [1.54, 1.807) is 12.1 Å². The van der Waals surface area contributed by atoms with Crippen molar-refractivity contribution < 1.29 is 5.11 Å². The van der Waals surface area contributed by atoms with Gasteiger partial charge in [0.25, 0.3) is 0 Å². The number of aromatic hydroxyl groups is 1. The normalized spacial score (nSPS) is 10.9. The molecule has 1 aromatic carbocycles. The van der Waals surface area contributed by atoms with Crippen LogP contribution in [-0.4, -0.2) is 16.8 Å². The Morgan fingerprint density at radius 3 is 1.59 bits per heavy atom. The summed E-state index contributed by atoms with van der Waals surface area (Å²) in [6.45, 7) is 3.12. The molecule has 0 saturated carbocycles. The minimum absolute atomic E-state index is 0.262. The molecule has 0 bridgehead atoms. The van der Waals surface area contributed by atoms with Gasteiger partial charge in [-0.25, -0.2) is 0 Å². The largest absolute Gasteiger partial charge is 0.508 e. The summed E-state index contributed by atoms with van der Waals surface area (Å²) in [6, 6.07) is 7.06. The molecular weight excluding hydrogens is 352 g/mol. The second-order valence-electron chi connectivity index (χ2n) is 7.60. The van der Waals surface area contributed by atoms with Crippen LogP contribution in [-0.2, 0) is 0 Å². The summed E-state index contributed by atoms with van der Waals surface area (Å²) in [4.78, 5) is 1.95. The molecule has 1 aromatic rings. The molecule has 0 aromatic heterocycles. The third-order valence-corrected chi connectivity index (χ3v) is 5.38. The number of anilines is 1. The monoisotopic (exact) mass is 392 g/mol. The second-order valence-corrected chi connectivity index (χ2v) is 8.02. The van der Waals surface area contributed by atoms with E-state index in [1.165, 1.54) is 83.5 Å². The lowest BCUT2D eigenvalue weighted by Gasteiger charge is -2.23. The zero-order valence-electron chi connectivity index (χ0n) is 17.3. The summed E-state index contributed by atoms with van der Waals surface area (Å²) in [5, 5.41) is 9.80. The van der Waals surface area contributed by atoms with Crippen LogP contribution in [0.5, 0.6) is 5.75 Å². The van der Waals surface area contributed by atoms with Gasteiger partial charge in [0.2, 0.25) is 0 Å². The maximum Gasteiger partial charge on any atom is 0.170 e. The Morgan fingerprint density at radius 1 is 0.778 bits per heavy atom. The Labute approximate surface area is 172 Å². The topological polar surface area (TPSA) is 49.5 Å². The average molecular weight is 393 g/mol. The lowest BCUT2D eigenvalue weighted by atomic mass is 10.0. The molecule has 3 nitrogen and oxygen atoms in total. The summed E-state index contributed by atoms with van der Waals surface area (Å²) in [6.07, 6.45) is 19.0. The van der Waals surface area contributed by atoms with E-state index in [4.69, 9.17) is 18.0 Å². The van der Waals surface area contributed by atoms with E-state index in [0.717, 1.165) is 18.7 Å². The average Bonchev–Trinajstić information content (AvgIpc) is 2.66. The number of benzene rings is 1. The highest BCUT2D eigenvalue weighted by Crippen LogP contribution is 2.19. The summed E-state index contributed by atoms with van der Waals surface area (Å²) in [7, 11) is 0. The van der Waals surface area contributed by atoms with Crippen LogP contribution in [0.4, 0.5) is 5.69 Å². The van der Waals surface area contributed by atoms with Gasteiger partial charge in [-0.3, -0.25) is 0 Å². The molecule has 0 unspecified atom stereocenters. The molecule has 3 N–H and O–H groups in total. The Balaban J connectivity index is 1.98. The number of nitrogens with two attached hydrogens (primary N) is 1. The Hall–Kier alpha value is -1.29. The molecule has 0 amide bonds.